The summed E-state index contributed by atoms with van der Waals surface area (Å²) in [5.41, 5.74) is 4.06. The first-order valence-corrected chi connectivity index (χ1v) is 10.3. The van der Waals surface area contributed by atoms with E-state index in [0.717, 1.165) is 33.4 Å². The number of nitrogens with one attached hydrogen (secondary N) is 2. The number of carbonyl (C=O) groups excluding carboxylic acids is 1. The van der Waals surface area contributed by atoms with Crippen molar-refractivity contribution < 1.29 is 9.18 Å². The molecule has 4 aromatic rings. The topological polar surface area (TPSA) is 74.8 Å². The molecule has 2 N–H and O–H groups in total. The number of pyridine rings is 1. The largest absolute Gasteiger partial charge is 0.347 e. The van der Waals surface area contributed by atoms with E-state index < -0.39 is 0 Å². The number of rotatable bonds is 4. The molecule has 0 unspecified atom stereocenters. The number of H-pyrrole nitrogens is 1. The summed E-state index contributed by atoms with van der Waals surface area (Å²) in [6, 6.07) is 12.1. The molecule has 0 aliphatic rings. The zero-order valence-corrected chi connectivity index (χ0v) is 17.6. The van der Waals surface area contributed by atoms with E-state index >= 15 is 0 Å². The lowest BCUT2D eigenvalue weighted by Crippen LogP contribution is -2.26. The van der Waals surface area contributed by atoms with Crippen LogP contribution in [-0.4, -0.2) is 15.9 Å². The third-order valence-electron chi connectivity index (χ3n) is 5.17. The first-order valence-electron chi connectivity index (χ1n) is 9.48. The van der Waals surface area contributed by atoms with E-state index in [4.69, 9.17) is 0 Å². The zero-order valence-electron chi connectivity index (χ0n) is 16.8. The fraction of sp³-hybridized carbons (Fsp3) is 0.174. The summed E-state index contributed by atoms with van der Waals surface area (Å²) in [4.78, 5) is 32.8. The van der Waals surface area contributed by atoms with Gasteiger partial charge in [-0.3, -0.25) is 9.59 Å². The molecule has 0 aliphatic carbocycles. The fourth-order valence-corrected chi connectivity index (χ4v) is 4.32. The summed E-state index contributed by atoms with van der Waals surface area (Å²) in [6.07, 6.45) is 0. The second-order valence-corrected chi connectivity index (χ2v) is 8.19. The summed E-state index contributed by atoms with van der Waals surface area (Å²) in [5.74, 6) is -0.724. The Balaban J connectivity index is 1.57. The number of aromatic nitrogens is 2. The van der Waals surface area contributed by atoms with E-state index in [1.807, 2.05) is 26.0 Å². The van der Waals surface area contributed by atoms with Gasteiger partial charge in [-0.15, -0.1) is 11.3 Å². The quantitative estimate of drug-likeness (QED) is 0.504. The van der Waals surface area contributed by atoms with Gasteiger partial charge in [-0.1, -0.05) is 24.3 Å². The molecule has 0 spiro atoms. The van der Waals surface area contributed by atoms with Crippen molar-refractivity contribution in [1.82, 2.24) is 15.3 Å². The predicted octanol–water partition coefficient (Wildman–Crippen LogP) is 4.65. The van der Waals surface area contributed by atoms with Crippen LogP contribution in [-0.2, 0) is 6.54 Å². The van der Waals surface area contributed by atoms with E-state index in [9.17, 15) is 14.0 Å². The van der Waals surface area contributed by atoms with Gasteiger partial charge in [0.05, 0.1) is 11.2 Å². The second-order valence-electron chi connectivity index (χ2n) is 7.19. The van der Waals surface area contributed by atoms with E-state index in [1.54, 1.807) is 31.2 Å². The zero-order chi connectivity index (χ0) is 21.4. The number of benzene rings is 2. The van der Waals surface area contributed by atoms with Crippen LogP contribution in [0.2, 0.25) is 0 Å². The van der Waals surface area contributed by atoms with Crippen molar-refractivity contribution >= 4 is 28.1 Å². The molecule has 5 nitrogen and oxygen atoms in total. The van der Waals surface area contributed by atoms with Crippen LogP contribution in [0.5, 0.6) is 0 Å². The third kappa shape index (κ3) is 3.64. The maximum absolute atomic E-state index is 14.0. The van der Waals surface area contributed by atoms with Gasteiger partial charge in [0.2, 0.25) is 0 Å². The lowest BCUT2D eigenvalue weighted by molar-refractivity contribution is 0.0954. The van der Waals surface area contributed by atoms with E-state index in [1.165, 1.54) is 6.07 Å². The number of hydrogen-bond acceptors (Lipinski definition) is 4. The molecule has 2 heterocycles. The minimum Gasteiger partial charge on any atom is -0.347 e. The lowest BCUT2D eigenvalue weighted by atomic mass is 10.0. The molecule has 2 aromatic heterocycles. The molecular formula is C23H20FN3O2S. The van der Waals surface area contributed by atoms with Gasteiger partial charge in [0.15, 0.2) is 0 Å². The van der Waals surface area contributed by atoms with Gasteiger partial charge in [0.25, 0.3) is 11.5 Å². The van der Waals surface area contributed by atoms with Crippen molar-refractivity contribution in [3.63, 3.8) is 0 Å². The summed E-state index contributed by atoms with van der Waals surface area (Å²) in [5, 5.41) is 4.15. The van der Waals surface area contributed by atoms with Gasteiger partial charge in [-0.2, -0.15) is 0 Å². The summed E-state index contributed by atoms with van der Waals surface area (Å²) in [7, 11) is 0. The Morgan fingerprint density at radius 3 is 2.70 bits per heavy atom. The molecule has 0 saturated carbocycles. The standard InChI is InChI=1S/C23H20FN3O2S/c1-12-8-9-15-10-16(21(28)27-19(15)13(12)2)11-25-22(29)20-14(3)26-23(30-20)17-6-4-5-7-18(17)24/h4-10H,11H2,1-3H3,(H,25,29)(H,27,28). The highest BCUT2D eigenvalue weighted by molar-refractivity contribution is 7.17. The molecular weight excluding hydrogens is 401 g/mol. The summed E-state index contributed by atoms with van der Waals surface area (Å²) < 4.78 is 14.0. The van der Waals surface area contributed by atoms with Crippen LogP contribution in [0.25, 0.3) is 21.5 Å². The molecule has 0 aliphatic heterocycles. The average molecular weight is 421 g/mol. The van der Waals surface area contributed by atoms with Crippen molar-refractivity contribution in [2.45, 2.75) is 27.3 Å². The highest BCUT2D eigenvalue weighted by Crippen LogP contribution is 2.29. The predicted molar refractivity (Wildman–Crippen MR) is 117 cm³/mol. The number of thiazole rings is 1. The molecule has 7 heteroatoms. The number of aryl methyl sites for hydroxylation is 3. The monoisotopic (exact) mass is 421 g/mol. The Hall–Kier alpha value is -3.32. The Kier molecular flexibility index (Phi) is 5.22. The van der Waals surface area contributed by atoms with Gasteiger partial charge in [0, 0.05) is 17.7 Å². The van der Waals surface area contributed by atoms with E-state index in [0.29, 0.717) is 26.7 Å². The molecule has 30 heavy (non-hydrogen) atoms. The van der Waals surface area contributed by atoms with Crippen LogP contribution < -0.4 is 10.9 Å². The van der Waals surface area contributed by atoms with Crippen LogP contribution in [0, 0.1) is 26.6 Å². The fourth-order valence-electron chi connectivity index (χ4n) is 3.31. The highest BCUT2D eigenvalue weighted by atomic mass is 32.1. The van der Waals surface area contributed by atoms with Crippen molar-refractivity contribution in [3.8, 4) is 10.6 Å². The Bertz CT molecular complexity index is 1340. The minimum absolute atomic E-state index is 0.0867. The molecule has 1 amide bonds. The number of nitrogens with zero attached hydrogens (tertiary/aromatic N) is 1. The van der Waals surface area contributed by atoms with Crippen LogP contribution in [0.15, 0.2) is 47.3 Å². The maximum Gasteiger partial charge on any atom is 0.263 e. The van der Waals surface area contributed by atoms with Gasteiger partial charge in [-0.05, 0) is 55.5 Å². The number of fused-ring (bicyclic) bond motifs is 1. The van der Waals surface area contributed by atoms with E-state index in [-0.39, 0.29) is 23.8 Å². The average Bonchev–Trinajstić information content (AvgIpc) is 3.11. The van der Waals surface area contributed by atoms with Gasteiger partial charge in [0.1, 0.15) is 15.7 Å². The SMILES string of the molecule is Cc1ccc2cc(CNC(=O)c3sc(-c4ccccc4F)nc3C)c(=O)[nH]c2c1C. The molecule has 0 saturated heterocycles. The van der Waals surface area contributed by atoms with Gasteiger partial charge < -0.3 is 10.3 Å². The second kappa shape index (κ2) is 7.84. The molecule has 0 radical (unpaired) electrons. The normalized spacial score (nSPS) is 11.1. The van der Waals surface area contributed by atoms with Crippen LogP contribution >= 0.6 is 11.3 Å². The summed E-state index contributed by atoms with van der Waals surface area (Å²) >= 11 is 1.13. The van der Waals surface area contributed by atoms with Crippen molar-refractivity contribution in [2.24, 2.45) is 0 Å². The number of carbonyl (C=O) groups is 1. The molecule has 4 rings (SSSR count). The Morgan fingerprint density at radius 2 is 1.93 bits per heavy atom. The van der Waals surface area contributed by atoms with Crippen LogP contribution in [0.4, 0.5) is 4.39 Å². The van der Waals surface area contributed by atoms with Crippen molar-refractivity contribution in [1.29, 1.82) is 0 Å². The molecule has 2 aromatic carbocycles. The van der Waals surface area contributed by atoms with Gasteiger partial charge >= 0.3 is 0 Å². The first kappa shape index (κ1) is 20.0. The smallest absolute Gasteiger partial charge is 0.263 e. The third-order valence-corrected chi connectivity index (χ3v) is 6.36. The van der Waals surface area contributed by atoms with Crippen molar-refractivity contribution in [2.75, 3.05) is 0 Å². The first-order chi connectivity index (χ1) is 14.3. The Morgan fingerprint density at radius 1 is 1.17 bits per heavy atom. The Labute approximate surface area is 176 Å². The number of amides is 1. The number of aromatic amines is 1. The number of hydrogen-bond donors (Lipinski definition) is 2. The lowest BCUT2D eigenvalue weighted by Gasteiger charge is -2.08. The van der Waals surface area contributed by atoms with Gasteiger partial charge in [-0.25, -0.2) is 9.37 Å². The molecule has 0 fully saturated rings. The molecule has 0 bridgehead atoms. The van der Waals surface area contributed by atoms with E-state index in [2.05, 4.69) is 15.3 Å². The minimum atomic E-state index is -0.383. The number of halogens is 1. The molecule has 0 atom stereocenters. The maximum atomic E-state index is 14.0. The van der Waals surface area contributed by atoms with Crippen LogP contribution in [0.1, 0.15) is 32.1 Å². The highest BCUT2D eigenvalue weighted by Gasteiger charge is 2.18. The molecule has 152 valence electrons. The van der Waals surface area contributed by atoms with Crippen molar-refractivity contribution in [3.05, 3.63) is 85.9 Å². The van der Waals surface area contributed by atoms with Crippen LogP contribution in [0.3, 0.4) is 0 Å². The summed E-state index contributed by atoms with van der Waals surface area (Å²) in [6.45, 7) is 5.76.